The molecule has 1 aromatic carbocycles. The zero-order chi connectivity index (χ0) is 20.1. The van der Waals surface area contributed by atoms with Crippen molar-refractivity contribution in [2.45, 2.75) is 69.9 Å². The lowest BCUT2D eigenvalue weighted by Gasteiger charge is -2.18. The number of hydrogen-bond acceptors (Lipinski definition) is 3. The van der Waals surface area contributed by atoms with Gasteiger partial charge in [0.15, 0.2) is 14.9 Å². The molecule has 4 rings (SSSR count). The molecule has 0 radical (unpaired) electrons. The average molecular weight is 402 g/mol. The fourth-order valence-electron chi connectivity index (χ4n) is 4.10. The van der Waals surface area contributed by atoms with Crippen LogP contribution < -0.4 is 10.5 Å². The van der Waals surface area contributed by atoms with Crippen LogP contribution in [0.5, 0.6) is 0 Å². The molecule has 2 aromatic rings. The molecule has 0 saturated heterocycles. The number of urea groups is 1. The molecule has 2 aliphatic rings. The van der Waals surface area contributed by atoms with Crippen molar-refractivity contribution in [3.05, 3.63) is 40.6 Å². The van der Waals surface area contributed by atoms with Crippen molar-refractivity contribution in [2.24, 2.45) is 9.50 Å². The van der Waals surface area contributed by atoms with Crippen LogP contribution in [-0.4, -0.2) is 20.0 Å². The van der Waals surface area contributed by atoms with Crippen LogP contribution in [0.25, 0.3) is 0 Å². The molecule has 0 fully saturated rings. The smallest absolute Gasteiger partial charge is 0.305 e. The lowest BCUT2D eigenvalue weighted by atomic mass is 9.99. The van der Waals surface area contributed by atoms with Crippen molar-refractivity contribution in [1.29, 1.82) is 0 Å². The number of anilines is 1. The molecule has 7 nitrogen and oxygen atoms in total. The van der Waals surface area contributed by atoms with Crippen LogP contribution in [0, 0.1) is 0 Å². The molecule has 8 heteroatoms. The lowest BCUT2D eigenvalue weighted by molar-refractivity contribution is 0.260. The molecule has 150 valence electrons. The van der Waals surface area contributed by atoms with Crippen LogP contribution >= 0.6 is 0 Å². The Morgan fingerprint density at radius 1 is 1.18 bits per heavy atom. The summed E-state index contributed by atoms with van der Waals surface area (Å²) in [6.45, 7) is 5.92. The third kappa shape index (κ3) is 3.46. The first-order valence-corrected chi connectivity index (χ1v) is 11.3. The summed E-state index contributed by atoms with van der Waals surface area (Å²) in [6, 6.07) is 3.18. The molecule has 0 bridgehead atoms. The minimum atomic E-state index is -3.42. The number of aryl methyl sites for hydroxylation is 2. The fourth-order valence-corrected chi connectivity index (χ4v) is 4.95. The molecular weight excluding hydrogens is 374 g/mol. The van der Waals surface area contributed by atoms with Crippen molar-refractivity contribution >= 4 is 21.6 Å². The number of aromatic nitrogens is 2. The van der Waals surface area contributed by atoms with Crippen LogP contribution in [0.1, 0.15) is 55.9 Å². The van der Waals surface area contributed by atoms with Gasteiger partial charge >= 0.3 is 6.03 Å². The van der Waals surface area contributed by atoms with Crippen molar-refractivity contribution in [1.82, 2.24) is 9.78 Å². The number of hydrogen-bond donors (Lipinski definition) is 2. The van der Waals surface area contributed by atoms with Crippen LogP contribution in [-0.2, 0) is 41.1 Å². The molecule has 1 unspecified atom stereocenters. The number of carbonyl (C=O) groups is 1. The first-order chi connectivity index (χ1) is 13.1. The van der Waals surface area contributed by atoms with E-state index in [9.17, 15) is 9.00 Å². The van der Waals surface area contributed by atoms with Crippen molar-refractivity contribution in [2.75, 3.05) is 5.32 Å². The first-order valence-electron chi connectivity index (χ1n) is 9.74. The van der Waals surface area contributed by atoms with Crippen LogP contribution in [0.3, 0.4) is 0 Å². The van der Waals surface area contributed by atoms with E-state index >= 15 is 0 Å². The van der Waals surface area contributed by atoms with Gasteiger partial charge < -0.3 is 5.32 Å². The average Bonchev–Trinajstić information content (AvgIpc) is 3.33. The minimum absolute atomic E-state index is 0.112. The number of nitrogens with zero attached hydrogens (tertiary/aromatic N) is 3. The summed E-state index contributed by atoms with van der Waals surface area (Å²) in [5.74, 6) is 0. The van der Waals surface area contributed by atoms with Crippen molar-refractivity contribution in [3.63, 3.8) is 0 Å². The van der Waals surface area contributed by atoms with E-state index in [1.807, 2.05) is 20.8 Å². The Hall–Kier alpha value is -2.19. The third-order valence-electron chi connectivity index (χ3n) is 5.48. The normalized spacial score (nSPS) is 17.7. The highest BCUT2D eigenvalue weighted by Gasteiger charge is 2.25. The highest BCUT2D eigenvalue weighted by molar-refractivity contribution is 7.91. The van der Waals surface area contributed by atoms with Gasteiger partial charge in [0.05, 0.1) is 5.54 Å². The Morgan fingerprint density at radius 2 is 1.79 bits per heavy atom. The minimum Gasteiger partial charge on any atom is -0.305 e. The highest BCUT2D eigenvalue weighted by atomic mass is 32.2. The van der Waals surface area contributed by atoms with Gasteiger partial charge in [-0.2, -0.15) is 5.10 Å². The predicted molar refractivity (Wildman–Crippen MR) is 110 cm³/mol. The van der Waals surface area contributed by atoms with E-state index in [0.29, 0.717) is 0 Å². The molecule has 1 atom stereocenters. The van der Waals surface area contributed by atoms with Gasteiger partial charge in [-0.05, 0) is 87.6 Å². The summed E-state index contributed by atoms with van der Waals surface area (Å²) >= 11 is 0. The van der Waals surface area contributed by atoms with Gasteiger partial charge in [-0.15, -0.1) is 4.36 Å². The lowest BCUT2D eigenvalue weighted by Crippen LogP contribution is -2.24. The molecule has 2 amide bonds. The van der Waals surface area contributed by atoms with Gasteiger partial charge in [-0.25, -0.2) is 14.1 Å². The van der Waals surface area contributed by atoms with E-state index in [4.69, 9.17) is 5.14 Å². The van der Waals surface area contributed by atoms with Gasteiger partial charge in [0.25, 0.3) is 0 Å². The molecule has 0 aliphatic heterocycles. The Bertz CT molecular complexity index is 1040. The number of carbonyl (C=O) groups excluding carboxylic acids is 1. The van der Waals surface area contributed by atoms with E-state index in [0.717, 1.165) is 44.2 Å². The second-order valence-corrected chi connectivity index (χ2v) is 10.3. The zero-order valence-electron chi connectivity index (χ0n) is 16.6. The van der Waals surface area contributed by atoms with Gasteiger partial charge in [-0.3, -0.25) is 4.68 Å². The van der Waals surface area contributed by atoms with Gasteiger partial charge in [0.1, 0.15) is 0 Å². The summed E-state index contributed by atoms with van der Waals surface area (Å²) in [7, 11) is -3.42. The summed E-state index contributed by atoms with van der Waals surface area (Å²) in [5, 5.41) is 13.2. The van der Waals surface area contributed by atoms with Gasteiger partial charge in [-0.1, -0.05) is 6.07 Å². The number of benzene rings is 1. The summed E-state index contributed by atoms with van der Waals surface area (Å²) in [6.07, 6.45) is 7.87. The first kappa shape index (κ1) is 19.1. The van der Waals surface area contributed by atoms with Crippen LogP contribution in [0.4, 0.5) is 10.5 Å². The SMILES string of the molecule is CC(C)(C)n1ccc(S(N)(=O)=NC(=O)Nc2c3c(cc4c2CCC4)CCC3)n1. The molecule has 0 spiro atoms. The monoisotopic (exact) mass is 401 g/mol. The van der Waals surface area contributed by atoms with E-state index in [-0.39, 0.29) is 10.6 Å². The number of rotatable bonds is 2. The zero-order valence-corrected chi connectivity index (χ0v) is 17.4. The van der Waals surface area contributed by atoms with E-state index in [2.05, 4.69) is 20.8 Å². The largest absolute Gasteiger partial charge is 0.354 e. The molecule has 1 heterocycles. The fraction of sp³-hybridized carbons (Fsp3) is 0.500. The van der Waals surface area contributed by atoms with Gasteiger partial charge in [0.2, 0.25) is 0 Å². The van der Waals surface area contributed by atoms with Crippen LogP contribution in [0.2, 0.25) is 0 Å². The third-order valence-corrected chi connectivity index (χ3v) is 6.73. The number of nitrogens with two attached hydrogens (primary N) is 1. The van der Waals surface area contributed by atoms with Crippen LogP contribution in [0.15, 0.2) is 27.7 Å². The topological polar surface area (TPSA) is 102 Å². The second-order valence-electron chi connectivity index (χ2n) is 8.59. The standard InChI is InChI=1S/C20H27N5O2S/c1-20(2,3)25-11-10-17(23-25)28(21,27)24-19(26)22-18-15-8-4-6-13(15)12-14-7-5-9-16(14)18/h10-12H,4-9H2,1-3H3,(H3,21,22,24,26,27). The Morgan fingerprint density at radius 3 is 2.32 bits per heavy atom. The van der Waals surface area contributed by atoms with Crippen molar-refractivity contribution < 1.29 is 9.00 Å². The highest BCUT2D eigenvalue weighted by Crippen LogP contribution is 2.38. The Balaban J connectivity index is 1.65. The maximum Gasteiger partial charge on any atom is 0.354 e. The molecule has 0 saturated carbocycles. The van der Waals surface area contributed by atoms with Crippen molar-refractivity contribution in [3.8, 4) is 0 Å². The van der Waals surface area contributed by atoms with Gasteiger partial charge in [0, 0.05) is 11.9 Å². The summed E-state index contributed by atoms with van der Waals surface area (Å²) < 4.78 is 18.3. The Labute approximate surface area is 166 Å². The van der Waals surface area contributed by atoms with E-state index in [1.54, 1.807) is 16.9 Å². The predicted octanol–water partition coefficient (Wildman–Crippen LogP) is 3.55. The summed E-state index contributed by atoms with van der Waals surface area (Å²) in [4.78, 5) is 12.6. The number of nitrogens with one attached hydrogen (secondary N) is 1. The number of fused-ring (bicyclic) bond motifs is 2. The number of amides is 2. The quantitative estimate of drug-likeness (QED) is 0.804. The maximum absolute atomic E-state index is 12.9. The summed E-state index contributed by atoms with van der Waals surface area (Å²) in [5.41, 5.74) is 5.61. The second kappa shape index (κ2) is 6.70. The molecular formula is C20H27N5O2S. The van der Waals surface area contributed by atoms with E-state index in [1.165, 1.54) is 22.3 Å². The molecule has 3 N–H and O–H groups in total. The van der Waals surface area contributed by atoms with E-state index < -0.39 is 15.9 Å². The Kier molecular flexibility index (Phi) is 4.58. The maximum atomic E-state index is 12.9. The molecule has 2 aliphatic carbocycles. The molecule has 1 aromatic heterocycles. The molecule has 28 heavy (non-hydrogen) atoms.